The lowest BCUT2D eigenvalue weighted by atomic mass is 10.2. The van der Waals surface area contributed by atoms with Gasteiger partial charge in [0.05, 0.1) is 11.3 Å². The summed E-state index contributed by atoms with van der Waals surface area (Å²) < 4.78 is 0. The number of anilines is 2. The molecule has 0 spiro atoms. The molecule has 2 aromatic rings. The first-order chi connectivity index (χ1) is 10.2. The van der Waals surface area contributed by atoms with Crippen LogP contribution in [-0.2, 0) is 12.8 Å². The number of thioether (sulfide) groups is 1. The number of fused-ring (bicyclic) bond motifs is 1. The topological polar surface area (TPSA) is 75.1 Å². The molecule has 2 N–H and O–H groups in total. The summed E-state index contributed by atoms with van der Waals surface area (Å²) in [6.45, 7) is 0. The van der Waals surface area contributed by atoms with E-state index in [2.05, 4.69) is 15.3 Å². The number of hydrogen-bond acceptors (Lipinski definition) is 5. The third-order valence-electron chi connectivity index (χ3n) is 3.47. The van der Waals surface area contributed by atoms with Gasteiger partial charge < -0.3 is 10.4 Å². The van der Waals surface area contributed by atoms with Gasteiger partial charge in [0.1, 0.15) is 5.82 Å². The van der Waals surface area contributed by atoms with Gasteiger partial charge in [-0.25, -0.2) is 14.8 Å². The van der Waals surface area contributed by atoms with Crippen molar-refractivity contribution >= 4 is 29.2 Å². The Balaban J connectivity index is 1.96. The van der Waals surface area contributed by atoms with Gasteiger partial charge in [-0.05, 0) is 43.7 Å². The number of carbonyl (C=O) groups is 1. The summed E-state index contributed by atoms with van der Waals surface area (Å²) in [6.07, 6.45) is 4.98. The van der Waals surface area contributed by atoms with Crippen LogP contribution >= 0.6 is 11.8 Å². The minimum Gasteiger partial charge on any atom is -0.478 e. The van der Waals surface area contributed by atoms with Gasteiger partial charge in [-0.1, -0.05) is 17.8 Å². The number of aromatic carboxylic acids is 1. The number of aryl methyl sites for hydroxylation is 1. The highest BCUT2D eigenvalue weighted by Crippen LogP contribution is 2.30. The number of aromatic nitrogens is 2. The predicted molar refractivity (Wildman–Crippen MR) is 82.5 cm³/mol. The average Bonchev–Trinajstić information content (AvgIpc) is 2.96. The van der Waals surface area contributed by atoms with Crippen molar-refractivity contribution in [2.75, 3.05) is 11.6 Å². The molecular weight excluding hydrogens is 286 g/mol. The minimum absolute atomic E-state index is 0.260. The van der Waals surface area contributed by atoms with Gasteiger partial charge in [-0.3, -0.25) is 0 Å². The quantitative estimate of drug-likeness (QED) is 0.667. The Hall–Kier alpha value is -2.08. The van der Waals surface area contributed by atoms with E-state index >= 15 is 0 Å². The van der Waals surface area contributed by atoms with Crippen LogP contribution in [0.2, 0.25) is 0 Å². The molecule has 1 aromatic carbocycles. The highest BCUT2D eigenvalue weighted by Gasteiger charge is 2.19. The molecule has 1 aromatic heterocycles. The molecule has 21 heavy (non-hydrogen) atoms. The fourth-order valence-corrected chi connectivity index (χ4v) is 2.86. The standard InChI is InChI=1S/C15H15N3O2S/c1-21-15-17-12-7-3-6-11(12)13(18-15)16-10-5-2-4-9(8-10)14(19)20/h2,4-5,8H,3,6-7H2,1H3,(H,19,20)(H,16,17,18). The Labute approximate surface area is 126 Å². The minimum atomic E-state index is -0.934. The third kappa shape index (κ3) is 2.85. The summed E-state index contributed by atoms with van der Waals surface area (Å²) >= 11 is 1.51. The molecule has 0 atom stereocenters. The zero-order chi connectivity index (χ0) is 14.8. The van der Waals surface area contributed by atoms with Crippen molar-refractivity contribution in [2.45, 2.75) is 24.4 Å². The second kappa shape index (κ2) is 5.73. The maximum atomic E-state index is 11.0. The van der Waals surface area contributed by atoms with Crippen LogP contribution in [0.15, 0.2) is 29.4 Å². The predicted octanol–water partition coefficient (Wildman–Crippen LogP) is 3.13. The molecular formula is C15H15N3O2S. The molecule has 108 valence electrons. The van der Waals surface area contributed by atoms with Gasteiger partial charge in [-0.15, -0.1) is 0 Å². The van der Waals surface area contributed by atoms with E-state index in [0.29, 0.717) is 0 Å². The van der Waals surface area contributed by atoms with Gasteiger partial charge >= 0.3 is 5.97 Å². The zero-order valence-electron chi connectivity index (χ0n) is 11.6. The van der Waals surface area contributed by atoms with E-state index in [1.54, 1.807) is 18.2 Å². The van der Waals surface area contributed by atoms with Crippen molar-refractivity contribution in [1.82, 2.24) is 9.97 Å². The molecule has 0 aliphatic heterocycles. The number of nitrogens with one attached hydrogen (secondary N) is 1. The largest absolute Gasteiger partial charge is 0.478 e. The van der Waals surface area contributed by atoms with Crippen molar-refractivity contribution in [3.63, 3.8) is 0 Å². The smallest absolute Gasteiger partial charge is 0.335 e. The number of rotatable bonds is 4. The SMILES string of the molecule is CSc1nc2c(c(Nc3cccc(C(=O)O)c3)n1)CCC2. The number of nitrogens with zero attached hydrogens (tertiary/aromatic N) is 2. The van der Waals surface area contributed by atoms with E-state index in [1.807, 2.05) is 12.3 Å². The average molecular weight is 301 g/mol. The number of carboxylic acid groups (broad SMARTS) is 1. The Kier molecular flexibility index (Phi) is 3.79. The van der Waals surface area contributed by atoms with Gasteiger partial charge in [0.2, 0.25) is 0 Å². The van der Waals surface area contributed by atoms with Crippen molar-refractivity contribution in [2.24, 2.45) is 0 Å². The van der Waals surface area contributed by atoms with Crippen LogP contribution in [0, 0.1) is 0 Å². The summed E-state index contributed by atoms with van der Waals surface area (Å²) in [6, 6.07) is 6.76. The van der Waals surface area contributed by atoms with Crippen LogP contribution < -0.4 is 5.32 Å². The monoisotopic (exact) mass is 301 g/mol. The van der Waals surface area contributed by atoms with Gasteiger partial charge in [0, 0.05) is 11.3 Å². The van der Waals surface area contributed by atoms with Crippen molar-refractivity contribution in [3.8, 4) is 0 Å². The second-order valence-corrected chi connectivity index (χ2v) is 5.62. The number of carboxylic acids is 1. The Morgan fingerprint density at radius 1 is 1.33 bits per heavy atom. The van der Waals surface area contributed by atoms with Gasteiger partial charge in [0.25, 0.3) is 0 Å². The van der Waals surface area contributed by atoms with E-state index in [-0.39, 0.29) is 5.56 Å². The molecule has 6 heteroatoms. The lowest BCUT2D eigenvalue weighted by Crippen LogP contribution is -2.04. The molecule has 0 bridgehead atoms. The summed E-state index contributed by atoms with van der Waals surface area (Å²) in [7, 11) is 0. The van der Waals surface area contributed by atoms with Crippen LogP contribution in [0.25, 0.3) is 0 Å². The maximum absolute atomic E-state index is 11.0. The van der Waals surface area contributed by atoms with E-state index in [9.17, 15) is 4.79 Å². The molecule has 3 rings (SSSR count). The zero-order valence-corrected chi connectivity index (χ0v) is 12.4. The van der Waals surface area contributed by atoms with Crippen LogP contribution in [0.1, 0.15) is 28.0 Å². The van der Waals surface area contributed by atoms with Crippen LogP contribution in [-0.4, -0.2) is 27.3 Å². The van der Waals surface area contributed by atoms with E-state index in [4.69, 9.17) is 5.11 Å². The summed E-state index contributed by atoms with van der Waals surface area (Å²) in [5.41, 5.74) is 3.24. The Morgan fingerprint density at radius 3 is 2.95 bits per heavy atom. The number of hydrogen-bond donors (Lipinski definition) is 2. The summed E-state index contributed by atoms with van der Waals surface area (Å²) in [4.78, 5) is 20.1. The fraction of sp³-hybridized carbons (Fsp3) is 0.267. The normalized spacial score (nSPS) is 13.0. The lowest BCUT2D eigenvalue weighted by Gasteiger charge is -2.11. The second-order valence-electron chi connectivity index (χ2n) is 4.85. The first-order valence-corrected chi connectivity index (χ1v) is 7.94. The number of benzene rings is 1. The summed E-state index contributed by atoms with van der Waals surface area (Å²) in [5.74, 6) is -0.138. The van der Waals surface area contributed by atoms with Crippen LogP contribution in [0.5, 0.6) is 0 Å². The van der Waals surface area contributed by atoms with Gasteiger partial charge in [0.15, 0.2) is 5.16 Å². The van der Waals surface area contributed by atoms with Crippen LogP contribution in [0.4, 0.5) is 11.5 Å². The molecule has 0 radical (unpaired) electrons. The third-order valence-corrected chi connectivity index (χ3v) is 4.02. The van der Waals surface area contributed by atoms with Crippen molar-refractivity contribution in [1.29, 1.82) is 0 Å². The molecule has 1 aliphatic rings. The first kappa shape index (κ1) is 13.9. The fourth-order valence-electron chi connectivity index (χ4n) is 2.47. The van der Waals surface area contributed by atoms with Crippen molar-refractivity contribution < 1.29 is 9.90 Å². The molecule has 1 heterocycles. The molecule has 0 amide bonds. The Bertz CT molecular complexity index is 703. The maximum Gasteiger partial charge on any atom is 0.335 e. The Morgan fingerprint density at radius 2 is 2.19 bits per heavy atom. The molecule has 0 fully saturated rings. The molecule has 5 nitrogen and oxygen atoms in total. The van der Waals surface area contributed by atoms with E-state index in [1.165, 1.54) is 11.8 Å². The lowest BCUT2D eigenvalue weighted by molar-refractivity contribution is 0.0697. The first-order valence-electron chi connectivity index (χ1n) is 6.71. The van der Waals surface area contributed by atoms with E-state index in [0.717, 1.165) is 47.2 Å². The van der Waals surface area contributed by atoms with E-state index < -0.39 is 5.97 Å². The van der Waals surface area contributed by atoms with Gasteiger partial charge in [-0.2, -0.15) is 0 Å². The molecule has 0 unspecified atom stereocenters. The summed E-state index contributed by atoms with van der Waals surface area (Å²) in [5, 5.41) is 13.0. The molecule has 1 aliphatic carbocycles. The van der Waals surface area contributed by atoms with Crippen molar-refractivity contribution in [3.05, 3.63) is 41.1 Å². The highest BCUT2D eigenvalue weighted by molar-refractivity contribution is 7.98. The highest BCUT2D eigenvalue weighted by atomic mass is 32.2. The molecule has 0 saturated heterocycles. The van der Waals surface area contributed by atoms with Crippen LogP contribution in [0.3, 0.4) is 0 Å². The molecule has 0 saturated carbocycles.